The van der Waals surface area contributed by atoms with E-state index in [2.05, 4.69) is 5.32 Å². The third-order valence-electron chi connectivity index (χ3n) is 5.56. The number of alkyl halides is 3. The largest absolute Gasteiger partial charge is 0.332 e. The van der Waals surface area contributed by atoms with E-state index in [0.29, 0.717) is 30.2 Å². The first-order valence-corrected chi connectivity index (χ1v) is 10.8. The van der Waals surface area contributed by atoms with Crippen LogP contribution in [-0.4, -0.2) is 38.4 Å². The molecule has 154 valence electrons. The van der Waals surface area contributed by atoms with E-state index in [0.717, 1.165) is 12.1 Å². The number of halogens is 4. The predicted octanol–water partition coefficient (Wildman–Crippen LogP) is 4.05. The topological polar surface area (TPSA) is 54.3 Å². The molecule has 4 rings (SSSR count). The van der Waals surface area contributed by atoms with Crippen molar-refractivity contribution in [3.05, 3.63) is 69.1 Å². The fraction of sp³-hybridized carbons (Fsp3) is 0.400. The van der Waals surface area contributed by atoms with Gasteiger partial charge in [-0.1, -0.05) is 52.5 Å². The van der Waals surface area contributed by atoms with Gasteiger partial charge in [0.1, 0.15) is 6.17 Å². The summed E-state index contributed by atoms with van der Waals surface area (Å²) in [7, 11) is 0. The van der Waals surface area contributed by atoms with Crippen LogP contribution in [0.1, 0.15) is 28.4 Å². The molecule has 0 unspecified atom stereocenters. The van der Waals surface area contributed by atoms with Crippen LogP contribution in [0.4, 0.5) is 0 Å². The van der Waals surface area contributed by atoms with Gasteiger partial charge in [-0.3, -0.25) is 14.5 Å². The Bertz CT molecular complexity index is 971. The molecule has 1 amide bonds. The van der Waals surface area contributed by atoms with Gasteiger partial charge in [0.2, 0.25) is 3.79 Å². The van der Waals surface area contributed by atoms with Gasteiger partial charge in [0, 0.05) is 47.9 Å². The fourth-order valence-corrected chi connectivity index (χ4v) is 5.04. The van der Waals surface area contributed by atoms with E-state index in [1.54, 1.807) is 36.4 Å². The Balaban J connectivity index is 1.58. The molecule has 9 heteroatoms. The Labute approximate surface area is 188 Å². The molecule has 1 saturated heterocycles. The molecule has 0 radical (unpaired) electrons. The number of hydrogen-bond donors (Lipinski definition) is 1. The molecule has 0 aliphatic carbocycles. The second-order valence-corrected chi connectivity index (χ2v) is 10.4. The maximum atomic E-state index is 12.7. The molecular weight excluding hydrogens is 456 g/mol. The standard InChI is InChI=1S/C20H19Cl4N3O2/c21-15-6-4-13(5-7-15)18(29)25-19(20(22,23)24)26-9-12-8-14(11-26)16-2-1-3-17(28)27(16)10-12/h1-7,12,14,19H,8-11H2,(H,25,29)/t12-,14+,19+/m0/s1. The van der Waals surface area contributed by atoms with Crippen LogP contribution in [0.25, 0.3) is 0 Å². The Kier molecular flexibility index (Phi) is 5.88. The van der Waals surface area contributed by atoms with Crippen LogP contribution in [0.15, 0.2) is 47.3 Å². The first-order valence-electron chi connectivity index (χ1n) is 9.29. The smallest absolute Gasteiger partial charge is 0.252 e. The zero-order valence-corrected chi connectivity index (χ0v) is 18.3. The van der Waals surface area contributed by atoms with Gasteiger partial charge in [0.25, 0.3) is 11.5 Å². The highest BCUT2D eigenvalue weighted by atomic mass is 35.6. The van der Waals surface area contributed by atoms with Crippen LogP contribution in [-0.2, 0) is 6.54 Å². The van der Waals surface area contributed by atoms with Gasteiger partial charge < -0.3 is 9.88 Å². The lowest BCUT2D eigenvalue weighted by Crippen LogP contribution is -2.60. The van der Waals surface area contributed by atoms with Crippen molar-refractivity contribution in [2.45, 2.75) is 28.8 Å². The lowest BCUT2D eigenvalue weighted by atomic mass is 9.83. The minimum absolute atomic E-state index is 0.0135. The molecule has 5 nitrogen and oxygen atoms in total. The molecule has 0 spiro atoms. The van der Waals surface area contributed by atoms with Crippen LogP contribution in [0.3, 0.4) is 0 Å². The van der Waals surface area contributed by atoms with Gasteiger partial charge >= 0.3 is 0 Å². The predicted molar refractivity (Wildman–Crippen MR) is 116 cm³/mol. The maximum absolute atomic E-state index is 12.7. The third kappa shape index (κ3) is 4.44. The number of carbonyl (C=O) groups excluding carboxylic acids is 1. The molecule has 2 aliphatic rings. The number of pyridine rings is 1. The maximum Gasteiger partial charge on any atom is 0.252 e. The first kappa shape index (κ1) is 21.0. The Morgan fingerprint density at radius 3 is 2.48 bits per heavy atom. The van der Waals surface area contributed by atoms with E-state index in [9.17, 15) is 9.59 Å². The third-order valence-corrected chi connectivity index (χ3v) is 6.43. The minimum atomic E-state index is -1.72. The van der Waals surface area contributed by atoms with Crippen molar-refractivity contribution in [2.75, 3.05) is 13.1 Å². The average molecular weight is 475 g/mol. The number of piperidine rings is 1. The SMILES string of the molecule is O=C(N[C@H](N1C[C@@H]2C[C@H](C1)c1cccc(=O)n1C2)C(Cl)(Cl)Cl)c1ccc(Cl)cc1. The number of rotatable bonds is 3. The molecule has 1 aromatic heterocycles. The van der Waals surface area contributed by atoms with E-state index in [4.69, 9.17) is 46.4 Å². The van der Waals surface area contributed by atoms with Gasteiger partial charge in [-0.15, -0.1) is 0 Å². The molecule has 3 heterocycles. The fourth-order valence-electron chi connectivity index (χ4n) is 4.33. The second-order valence-electron chi connectivity index (χ2n) is 7.58. The molecule has 1 N–H and O–H groups in total. The van der Waals surface area contributed by atoms with E-state index in [-0.39, 0.29) is 23.3 Å². The summed E-state index contributed by atoms with van der Waals surface area (Å²) in [5.74, 6) is 0.0349. The van der Waals surface area contributed by atoms with Gasteiger partial charge in [-0.2, -0.15) is 0 Å². The number of amides is 1. The number of likely N-dealkylation sites (tertiary alicyclic amines) is 1. The van der Waals surface area contributed by atoms with E-state index in [1.165, 1.54) is 0 Å². The number of nitrogens with zero attached hydrogens (tertiary/aromatic N) is 2. The molecule has 29 heavy (non-hydrogen) atoms. The number of fused-ring (bicyclic) bond motifs is 4. The van der Waals surface area contributed by atoms with Gasteiger partial charge in [-0.05, 0) is 42.7 Å². The van der Waals surface area contributed by atoms with Crippen LogP contribution in [0, 0.1) is 5.92 Å². The molecule has 3 atom stereocenters. The van der Waals surface area contributed by atoms with Gasteiger partial charge in [0.05, 0.1) is 0 Å². The number of benzene rings is 1. The Morgan fingerprint density at radius 1 is 1.07 bits per heavy atom. The van der Waals surface area contributed by atoms with Crippen molar-refractivity contribution in [2.24, 2.45) is 5.92 Å². The van der Waals surface area contributed by atoms with Gasteiger partial charge in [-0.25, -0.2) is 0 Å². The quantitative estimate of drug-likeness (QED) is 0.682. The summed E-state index contributed by atoms with van der Waals surface area (Å²) in [6.45, 7) is 1.83. The zero-order valence-electron chi connectivity index (χ0n) is 15.3. The highest BCUT2D eigenvalue weighted by molar-refractivity contribution is 6.68. The monoisotopic (exact) mass is 473 g/mol. The van der Waals surface area contributed by atoms with Crippen LogP contribution in [0.2, 0.25) is 5.02 Å². The summed E-state index contributed by atoms with van der Waals surface area (Å²) in [6, 6.07) is 11.9. The normalized spacial score (nSPS) is 22.6. The van der Waals surface area contributed by atoms with E-state index < -0.39 is 9.96 Å². The van der Waals surface area contributed by atoms with Crippen LogP contribution < -0.4 is 10.9 Å². The highest BCUT2D eigenvalue weighted by Crippen LogP contribution is 2.40. The Hall–Kier alpha value is -1.24. The Morgan fingerprint density at radius 2 is 1.79 bits per heavy atom. The van der Waals surface area contributed by atoms with Crippen LogP contribution >= 0.6 is 46.4 Å². The highest BCUT2D eigenvalue weighted by Gasteiger charge is 2.44. The summed E-state index contributed by atoms with van der Waals surface area (Å²) in [5, 5.41) is 3.41. The average Bonchev–Trinajstić information content (AvgIpc) is 2.66. The molecule has 0 saturated carbocycles. The summed E-state index contributed by atoms with van der Waals surface area (Å²) in [4.78, 5) is 27.0. The molecule has 1 fully saturated rings. The van der Waals surface area contributed by atoms with Crippen LogP contribution in [0.5, 0.6) is 0 Å². The molecular formula is C20H19Cl4N3O2. The molecule has 2 aromatic rings. The molecule has 1 aromatic carbocycles. The van der Waals surface area contributed by atoms with Crippen molar-refractivity contribution in [1.82, 2.24) is 14.8 Å². The summed E-state index contributed by atoms with van der Waals surface area (Å²) in [5.41, 5.74) is 1.44. The number of carbonyl (C=O) groups is 1. The van der Waals surface area contributed by atoms with Crippen molar-refractivity contribution in [3.8, 4) is 0 Å². The zero-order chi connectivity index (χ0) is 20.8. The summed E-state index contributed by atoms with van der Waals surface area (Å²) >= 11 is 24.7. The molecule has 2 bridgehead atoms. The molecule has 2 aliphatic heterocycles. The van der Waals surface area contributed by atoms with E-state index >= 15 is 0 Å². The lowest BCUT2D eigenvalue weighted by molar-refractivity contribution is 0.0586. The summed E-state index contributed by atoms with van der Waals surface area (Å²) in [6.07, 6.45) is 0.167. The number of hydrogen-bond acceptors (Lipinski definition) is 3. The minimum Gasteiger partial charge on any atom is -0.332 e. The second kappa shape index (κ2) is 8.12. The van der Waals surface area contributed by atoms with Gasteiger partial charge in [0.15, 0.2) is 0 Å². The van der Waals surface area contributed by atoms with Crippen molar-refractivity contribution >= 4 is 52.3 Å². The first-order chi connectivity index (χ1) is 13.7. The number of nitrogens with one attached hydrogen (secondary N) is 1. The summed E-state index contributed by atoms with van der Waals surface area (Å²) < 4.78 is 0.122. The van der Waals surface area contributed by atoms with Crippen molar-refractivity contribution in [3.63, 3.8) is 0 Å². The van der Waals surface area contributed by atoms with Crippen molar-refractivity contribution < 1.29 is 4.79 Å². The van der Waals surface area contributed by atoms with Crippen molar-refractivity contribution in [1.29, 1.82) is 0 Å². The number of aromatic nitrogens is 1. The van der Waals surface area contributed by atoms with E-state index in [1.807, 2.05) is 15.5 Å². The lowest BCUT2D eigenvalue weighted by Gasteiger charge is -2.47.